The predicted octanol–water partition coefficient (Wildman–Crippen LogP) is 2.78. The summed E-state index contributed by atoms with van der Waals surface area (Å²) in [5.74, 6) is 0. The zero-order valence-electron chi connectivity index (χ0n) is 9.79. The van der Waals surface area contributed by atoms with E-state index in [0.29, 0.717) is 0 Å². The molecule has 2 nitrogen and oxygen atoms in total. The molecule has 2 rings (SSSR count). The van der Waals surface area contributed by atoms with E-state index in [-0.39, 0.29) is 12.1 Å². The van der Waals surface area contributed by atoms with Gasteiger partial charge in [0, 0.05) is 12.1 Å². The highest BCUT2D eigenvalue weighted by atomic mass is 14.7. The first-order valence-electron chi connectivity index (χ1n) is 5.88. The molecule has 88 valence electrons. The van der Waals surface area contributed by atoms with Crippen LogP contribution in [-0.2, 0) is 0 Å². The number of rotatable bonds is 4. The summed E-state index contributed by atoms with van der Waals surface area (Å²) in [4.78, 5) is 0. The summed E-state index contributed by atoms with van der Waals surface area (Å²) in [6.45, 7) is 0. The molecule has 0 saturated carbocycles. The van der Waals surface area contributed by atoms with Crippen LogP contribution < -0.4 is 11.5 Å². The highest BCUT2D eigenvalue weighted by Gasteiger charge is 2.12. The summed E-state index contributed by atoms with van der Waals surface area (Å²) in [6, 6.07) is 20.2. The second-order valence-electron chi connectivity index (χ2n) is 4.27. The van der Waals surface area contributed by atoms with Gasteiger partial charge in [-0.2, -0.15) is 0 Å². The van der Waals surface area contributed by atoms with Crippen molar-refractivity contribution in [2.75, 3.05) is 0 Å². The Bertz CT molecular complexity index is 395. The maximum atomic E-state index is 6.15. The van der Waals surface area contributed by atoms with Crippen LogP contribution in [0.25, 0.3) is 0 Å². The first-order chi connectivity index (χ1) is 8.27. The maximum Gasteiger partial charge on any atom is 0.0313 e. The molecular formula is C15H18N2. The molecule has 0 aliphatic heterocycles. The van der Waals surface area contributed by atoms with Gasteiger partial charge in [-0.1, -0.05) is 60.7 Å². The molecule has 2 heteroatoms. The molecule has 2 aromatic carbocycles. The van der Waals surface area contributed by atoms with Gasteiger partial charge in [0.25, 0.3) is 0 Å². The monoisotopic (exact) mass is 226 g/mol. The average Bonchev–Trinajstić information content (AvgIpc) is 2.40. The topological polar surface area (TPSA) is 52.0 Å². The van der Waals surface area contributed by atoms with Crippen LogP contribution in [0.1, 0.15) is 29.6 Å². The van der Waals surface area contributed by atoms with Gasteiger partial charge in [0.05, 0.1) is 0 Å². The van der Waals surface area contributed by atoms with Crippen LogP contribution in [0.15, 0.2) is 60.7 Å². The van der Waals surface area contributed by atoms with Crippen LogP contribution in [0, 0.1) is 0 Å². The Kier molecular flexibility index (Phi) is 3.91. The van der Waals surface area contributed by atoms with E-state index in [9.17, 15) is 0 Å². The standard InChI is InChI=1S/C15H18N2/c16-14(12-7-3-1-4-8-12)11-15(17)13-9-5-2-6-10-13/h1-10,14-15H,11,16-17H2/t14-,15?/m1/s1. The van der Waals surface area contributed by atoms with Gasteiger partial charge in [-0.3, -0.25) is 0 Å². The molecule has 0 amide bonds. The zero-order chi connectivity index (χ0) is 12.1. The molecule has 0 radical (unpaired) electrons. The lowest BCUT2D eigenvalue weighted by molar-refractivity contribution is 0.557. The van der Waals surface area contributed by atoms with Gasteiger partial charge in [-0.05, 0) is 17.5 Å². The largest absolute Gasteiger partial charge is 0.324 e. The van der Waals surface area contributed by atoms with Crippen LogP contribution in [0.5, 0.6) is 0 Å². The van der Waals surface area contributed by atoms with Crippen molar-refractivity contribution in [2.24, 2.45) is 11.5 Å². The molecular weight excluding hydrogens is 208 g/mol. The minimum atomic E-state index is -0.00796. The van der Waals surface area contributed by atoms with Crippen molar-refractivity contribution in [3.05, 3.63) is 71.8 Å². The minimum Gasteiger partial charge on any atom is -0.324 e. The minimum absolute atomic E-state index is 0.00796. The molecule has 1 unspecified atom stereocenters. The molecule has 0 saturated heterocycles. The van der Waals surface area contributed by atoms with Gasteiger partial charge in [0.2, 0.25) is 0 Å². The average molecular weight is 226 g/mol. The summed E-state index contributed by atoms with van der Waals surface area (Å²) in [6.07, 6.45) is 0.758. The Balaban J connectivity index is 2.02. The van der Waals surface area contributed by atoms with Crippen molar-refractivity contribution in [1.82, 2.24) is 0 Å². The van der Waals surface area contributed by atoms with Crippen molar-refractivity contribution in [2.45, 2.75) is 18.5 Å². The first kappa shape index (κ1) is 11.8. The van der Waals surface area contributed by atoms with E-state index in [4.69, 9.17) is 11.5 Å². The second kappa shape index (κ2) is 5.62. The van der Waals surface area contributed by atoms with E-state index < -0.39 is 0 Å². The molecule has 0 fully saturated rings. The fourth-order valence-electron chi connectivity index (χ4n) is 1.95. The van der Waals surface area contributed by atoms with Crippen molar-refractivity contribution in [3.8, 4) is 0 Å². The van der Waals surface area contributed by atoms with Crippen molar-refractivity contribution in [3.63, 3.8) is 0 Å². The second-order valence-corrected chi connectivity index (χ2v) is 4.27. The van der Waals surface area contributed by atoms with E-state index >= 15 is 0 Å². The summed E-state index contributed by atoms with van der Waals surface area (Å²) in [7, 11) is 0. The fraction of sp³-hybridized carbons (Fsp3) is 0.200. The molecule has 0 aliphatic carbocycles. The third kappa shape index (κ3) is 3.16. The Hall–Kier alpha value is -1.64. The molecule has 0 aliphatic rings. The quantitative estimate of drug-likeness (QED) is 0.842. The normalized spacial score (nSPS) is 14.2. The molecule has 2 atom stereocenters. The molecule has 0 heterocycles. The molecule has 2 aromatic rings. The van der Waals surface area contributed by atoms with Gasteiger partial charge in [0.15, 0.2) is 0 Å². The van der Waals surface area contributed by atoms with Gasteiger partial charge in [0.1, 0.15) is 0 Å². The van der Waals surface area contributed by atoms with Crippen LogP contribution in [0.4, 0.5) is 0 Å². The van der Waals surface area contributed by atoms with Crippen molar-refractivity contribution < 1.29 is 0 Å². The van der Waals surface area contributed by atoms with Crippen LogP contribution in [0.3, 0.4) is 0 Å². The van der Waals surface area contributed by atoms with Gasteiger partial charge >= 0.3 is 0 Å². The number of hydrogen-bond donors (Lipinski definition) is 2. The van der Waals surface area contributed by atoms with E-state index in [1.165, 1.54) is 0 Å². The lowest BCUT2D eigenvalue weighted by atomic mass is 9.96. The highest BCUT2D eigenvalue weighted by Crippen LogP contribution is 2.22. The van der Waals surface area contributed by atoms with E-state index in [1.807, 2.05) is 60.7 Å². The van der Waals surface area contributed by atoms with Crippen LogP contribution in [-0.4, -0.2) is 0 Å². The molecule has 17 heavy (non-hydrogen) atoms. The number of benzene rings is 2. The lowest BCUT2D eigenvalue weighted by Gasteiger charge is -2.18. The van der Waals surface area contributed by atoms with Gasteiger partial charge < -0.3 is 11.5 Å². The van der Waals surface area contributed by atoms with E-state index in [1.54, 1.807) is 0 Å². The SMILES string of the molecule is NC(C[C@@H](N)c1ccccc1)c1ccccc1. The van der Waals surface area contributed by atoms with Crippen molar-refractivity contribution in [1.29, 1.82) is 0 Å². The van der Waals surface area contributed by atoms with E-state index in [2.05, 4.69) is 0 Å². The smallest absolute Gasteiger partial charge is 0.0313 e. The summed E-state index contributed by atoms with van der Waals surface area (Å²) < 4.78 is 0. The third-order valence-electron chi connectivity index (χ3n) is 2.96. The summed E-state index contributed by atoms with van der Waals surface area (Å²) in [5, 5.41) is 0. The Morgan fingerprint density at radius 2 is 1.00 bits per heavy atom. The first-order valence-corrected chi connectivity index (χ1v) is 5.88. The maximum absolute atomic E-state index is 6.15. The van der Waals surface area contributed by atoms with Gasteiger partial charge in [-0.15, -0.1) is 0 Å². The fourth-order valence-corrected chi connectivity index (χ4v) is 1.95. The molecule has 0 aromatic heterocycles. The van der Waals surface area contributed by atoms with E-state index in [0.717, 1.165) is 17.5 Å². The molecule has 4 N–H and O–H groups in total. The van der Waals surface area contributed by atoms with Crippen LogP contribution >= 0.6 is 0 Å². The Morgan fingerprint density at radius 1 is 0.647 bits per heavy atom. The van der Waals surface area contributed by atoms with Crippen molar-refractivity contribution >= 4 is 0 Å². The molecule has 0 spiro atoms. The van der Waals surface area contributed by atoms with Crippen LogP contribution in [0.2, 0.25) is 0 Å². The Morgan fingerprint density at radius 3 is 1.35 bits per heavy atom. The third-order valence-corrected chi connectivity index (χ3v) is 2.96. The Labute approximate surface area is 102 Å². The lowest BCUT2D eigenvalue weighted by Crippen LogP contribution is -2.19. The number of hydrogen-bond acceptors (Lipinski definition) is 2. The number of nitrogens with two attached hydrogens (primary N) is 2. The predicted molar refractivity (Wildman–Crippen MR) is 71.4 cm³/mol. The zero-order valence-corrected chi connectivity index (χ0v) is 9.79. The summed E-state index contributed by atoms with van der Waals surface area (Å²) >= 11 is 0. The molecule has 0 bridgehead atoms. The van der Waals surface area contributed by atoms with Gasteiger partial charge in [-0.25, -0.2) is 0 Å². The highest BCUT2D eigenvalue weighted by molar-refractivity contribution is 5.22. The summed E-state index contributed by atoms with van der Waals surface area (Å²) in [5.41, 5.74) is 14.6.